The van der Waals surface area contributed by atoms with Crippen LogP contribution in [0.2, 0.25) is 0 Å². The second kappa shape index (κ2) is 28.6. The van der Waals surface area contributed by atoms with Crippen molar-refractivity contribution in [3.8, 4) is 22.5 Å². The maximum Gasteiger partial charge on any atom is 0.695 e. The molecule has 1 aliphatic carbocycles. The number of alkyl carbamates (subject to hydrolysis) is 1. The van der Waals surface area contributed by atoms with E-state index < -0.39 is 32.7 Å². The Kier molecular flexibility index (Phi) is 22.2. The lowest BCUT2D eigenvalue weighted by molar-refractivity contribution is -0.133. The van der Waals surface area contributed by atoms with E-state index in [1.807, 2.05) is 60.1 Å². The molecule has 0 saturated carbocycles. The first-order valence-electron chi connectivity index (χ1n) is 25.7. The highest BCUT2D eigenvalue weighted by Crippen LogP contribution is 2.42. The van der Waals surface area contributed by atoms with E-state index in [1.54, 1.807) is 9.80 Å². The van der Waals surface area contributed by atoms with Crippen molar-refractivity contribution in [2.24, 2.45) is 0 Å². The summed E-state index contributed by atoms with van der Waals surface area (Å²) in [6, 6.07) is 15.5. The van der Waals surface area contributed by atoms with Crippen molar-refractivity contribution in [2.45, 2.75) is 166 Å². The van der Waals surface area contributed by atoms with E-state index in [0.29, 0.717) is 103 Å². The molecular weight excluding hydrogens is 932 g/mol. The highest BCUT2D eigenvalue weighted by Gasteiger charge is 2.38. The van der Waals surface area contributed by atoms with E-state index in [2.05, 4.69) is 26.3 Å². The molecule has 0 bridgehead atoms. The number of aryl methyl sites for hydroxylation is 1. The first-order valence-corrected chi connectivity index (χ1v) is 26.8. The van der Waals surface area contributed by atoms with E-state index in [4.69, 9.17) is 14.2 Å². The number of hydrogen-bond acceptors (Lipinski definition) is 12. The summed E-state index contributed by atoms with van der Waals surface area (Å²) in [5, 5.41) is 37.5. The topological polar surface area (TPSA) is 255 Å². The number of fused-ring (bicyclic) bond motifs is 5. The highest BCUT2D eigenvalue weighted by molar-refractivity contribution is 7.32. The second-order valence-electron chi connectivity index (χ2n) is 19.1. The molecule has 2 aromatic carbocycles. The molecule has 3 aromatic rings. The molecule has 0 radical (unpaired) electrons. The Labute approximate surface area is 417 Å². The number of aromatic nitrogens is 3. The Hall–Kier alpha value is -5.33. The molecule has 2 unspecified atom stereocenters. The minimum absolute atomic E-state index is 0.000228. The van der Waals surface area contributed by atoms with Crippen molar-refractivity contribution < 1.29 is 52.9 Å². The van der Waals surface area contributed by atoms with Crippen LogP contribution in [0.1, 0.15) is 140 Å². The monoisotopic (exact) mass is 1010 g/mol. The Bertz CT molecular complexity index is 2240. The zero-order chi connectivity index (χ0) is 50.5. The molecule has 1 aromatic heterocycles. The molecular formula is C51H74N8O11P+. The molecule has 19 nitrogen and oxygen atoms in total. The number of hydrogen-bond donors (Lipinski definition) is 6. The summed E-state index contributed by atoms with van der Waals surface area (Å²) in [6.45, 7) is 4.44. The fourth-order valence-corrected chi connectivity index (χ4v) is 10.3. The average Bonchev–Trinajstić information content (AvgIpc) is 4.06. The third-order valence-corrected chi connectivity index (χ3v) is 14.1. The van der Waals surface area contributed by atoms with Crippen molar-refractivity contribution in [2.75, 3.05) is 39.3 Å². The average molecular weight is 1010 g/mol. The van der Waals surface area contributed by atoms with Gasteiger partial charge in [-0.3, -0.25) is 19.2 Å². The largest absolute Gasteiger partial charge is 0.695 e. The smallest absolute Gasteiger partial charge is 0.441 e. The fraction of sp³-hybridized carbons (Fsp3) is 0.627. The number of aliphatic hydroxyl groups is 2. The van der Waals surface area contributed by atoms with Crippen LogP contribution in [0.15, 0.2) is 48.5 Å². The van der Waals surface area contributed by atoms with Crippen LogP contribution in [-0.2, 0) is 46.0 Å². The van der Waals surface area contributed by atoms with Crippen molar-refractivity contribution in [1.82, 2.24) is 40.7 Å². The number of rotatable bonds is 28. The van der Waals surface area contributed by atoms with E-state index in [1.165, 1.54) is 0 Å². The van der Waals surface area contributed by atoms with Crippen LogP contribution in [0.25, 0.3) is 22.5 Å². The molecule has 71 heavy (non-hydrogen) atoms. The summed E-state index contributed by atoms with van der Waals surface area (Å²) in [4.78, 5) is 75.8. The van der Waals surface area contributed by atoms with Gasteiger partial charge in [0.05, 0.1) is 31.0 Å². The maximum absolute atomic E-state index is 13.3. The van der Waals surface area contributed by atoms with Crippen molar-refractivity contribution in [3.63, 3.8) is 0 Å². The molecule has 388 valence electrons. The van der Waals surface area contributed by atoms with E-state index in [0.717, 1.165) is 85.0 Å². The molecule has 20 heteroatoms. The molecule has 5 amide bonds. The lowest BCUT2D eigenvalue weighted by Crippen LogP contribution is -2.37. The summed E-state index contributed by atoms with van der Waals surface area (Å²) >= 11 is 0. The molecule has 3 heterocycles. The van der Waals surface area contributed by atoms with Gasteiger partial charge in [0.15, 0.2) is 0 Å². The van der Waals surface area contributed by atoms with Crippen molar-refractivity contribution in [3.05, 3.63) is 59.7 Å². The summed E-state index contributed by atoms with van der Waals surface area (Å²) in [5.74, 6) is -0.0638. The zero-order valence-electron chi connectivity index (χ0n) is 41.2. The van der Waals surface area contributed by atoms with Gasteiger partial charge in [0, 0.05) is 98.5 Å². The number of ether oxygens (including phenoxy) is 1. The van der Waals surface area contributed by atoms with Gasteiger partial charge in [-0.2, -0.15) is 0 Å². The number of nitrogens with one attached hydrogen (secondary N) is 3. The van der Waals surface area contributed by atoms with Gasteiger partial charge in [-0.25, -0.2) is 9.48 Å². The van der Waals surface area contributed by atoms with Gasteiger partial charge in [-0.1, -0.05) is 79.4 Å². The van der Waals surface area contributed by atoms with Gasteiger partial charge < -0.3 is 40.7 Å². The normalized spacial score (nSPS) is 19.5. The minimum Gasteiger partial charge on any atom is -0.441 e. The van der Waals surface area contributed by atoms with Gasteiger partial charge in [0.25, 0.3) is 0 Å². The molecule has 6 atom stereocenters. The number of carbonyl (C=O) groups excluding carboxylic acids is 5. The highest BCUT2D eigenvalue weighted by atomic mass is 31.1. The van der Waals surface area contributed by atoms with Crippen LogP contribution in [0.3, 0.4) is 0 Å². The number of nitrogens with zero attached hydrogens (tertiary/aromatic N) is 5. The SMILES string of the molecule is C[C@@H]1C[C@@H](O[P+](=O)O)CN1C(=O)CCCCCNC(=O)CCCCCNC(=O)OC1Cc2ccccc2-c2nnn(CCCCCC(=O)NCCCCCC(=O)N3C[C@H](O)C[C@H]3CO)c2-c2ccccc21. The van der Waals surface area contributed by atoms with Gasteiger partial charge in [0.2, 0.25) is 23.6 Å². The summed E-state index contributed by atoms with van der Waals surface area (Å²) in [6.07, 6.45) is 9.79. The first kappa shape index (κ1) is 55.0. The van der Waals surface area contributed by atoms with Gasteiger partial charge in [-0.05, 0) is 70.3 Å². The van der Waals surface area contributed by atoms with Crippen molar-refractivity contribution >= 4 is 38.0 Å². The molecule has 3 aliphatic rings. The number of amides is 5. The lowest BCUT2D eigenvalue weighted by atomic mass is 9.87. The van der Waals surface area contributed by atoms with Crippen LogP contribution < -0.4 is 16.0 Å². The molecule has 6 N–H and O–H groups in total. The molecule has 6 rings (SSSR count). The Morgan fingerprint density at radius 3 is 1.97 bits per heavy atom. The molecule has 2 aliphatic heterocycles. The predicted octanol–water partition coefficient (Wildman–Crippen LogP) is 6.02. The van der Waals surface area contributed by atoms with Gasteiger partial charge >= 0.3 is 14.3 Å². The lowest BCUT2D eigenvalue weighted by Gasteiger charge is -2.25. The number of β-amino-alcohol motifs (C(OH)–C–C–N with tert-alkyl or cyclic N) is 1. The number of carbonyl (C=O) groups is 5. The fourth-order valence-electron chi connectivity index (χ4n) is 9.91. The zero-order valence-corrected chi connectivity index (χ0v) is 42.1. The summed E-state index contributed by atoms with van der Waals surface area (Å²) in [7, 11) is -2.69. The third-order valence-electron chi connectivity index (χ3n) is 13.6. The van der Waals surface area contributed by atoms with Crippen LogP contribution >= 0.6 is 8.25 Å². The predicted molar refractivity (Wildman–Crippen MR) is 265 cm³/mol. The molecule has 0 spiro atoms. The minimum atomic E-state index is -2.69. The number of unbranched alkanes of at least 4 members (excludes halogenated alkanes) is 8. The van der Waals surface area contributed by atoms with Crippen LogP contribution in [0.4, 0.5) is 4.79 Å². The summed E-state index contributed by atoms with van der Waals surface area (Å²) in [5.41, 5.74) is 5.27. The van der Waals surface area contributed by atoms with Gasteiger partial charge in [-0.15, -0.1) is 14.5 Å². The molecule has 2 saturated heterocycles. The number of benzene rings is 2. The van der Waals surface area contributed by atoms with E-state index >= 15 is 0 Å². The first-order chi connectivity index (χ1) is 34.4. The summed E-state index contributed by atoms with van der Waals surface area (Å²) < 4.78 is 24.0. The van der Waals surface area contributed by atoms with Gasteiger partial charge in [0.1, 0.15) is 17.9 Å². The maximum atomic E-state index is 13.3. The Morgan fingerprint density at radius 2 is 1.31 bits per heavy atom. The number of likely N-dealkylation sites (tertiary alicyclic amines) is 2. The Morgan fingerprint density at radius 1 is 0.718 bits per heavy atom. The second-order valence-corrected chi connectivity index (χ2v) is 19.8. The van der Waals surface area contributed by atoms with Crippen LogP contribution in [-0.4, -0.2) is 133 Å². The van der Waals surface area contributed by atoms with Crippen LogP contribution in [0, 0.1) is 0 Å². The number of aliphatic hydroxyl groups excluding tert-OH is 2. The standard InChI is InChI=1S/C51H73N8O11P/c1-36-30-40(70-71(67)68)34-57(36)47(64)24-8-3-14-26-52-45(62)22-6-2-16-28-54-51(66)69-44-31-37-18-10-11-19-41(37)49-50(43-21-13-12-20-42(43)44)59(56-55-49)29-17-5-7-23-46(63)53-27-15-4-9-25-48(65)58-33-39(61)32-38(58)35-60/h10-13,18-21,36,38-40,44,60-61H,2-9,14-17,22-35H2,1H3,(H3-,52,53,54,62,63,66,67,68)/p+1/t36-,38+,39-,40-,44?/m1/s1. The van der Waals surface area contributed by atoms with Crippen LogP contribution in [0.5, 0.6) is 0 Å². The quantitative estimate of drug-likeness (QED) is 0.0360. The third kappa shape index (κ3) is 16.9. The Balaban J connectivity index is 0.868. The molecule has 2 fully saturated rings. The van der Waals surface area contributed by atoms with E-state index in [-0.39, 0.29) is 48.9 Å². The van der Waals surface area contributed by atoms with Crippen molar-refractivity contribution in [1.29, 1.82) is 0 Å². The van der Waals surface area contributed by atoms with E-state index in [9.17, 15) is 38.8 Å².